The van der Waals surface area contributed by atoms with Gasteiger partial charge in [-0.2, -0.15) is 5.48 Å². The number of rotatable bonds is 11. The second kappa shape index (κ2) is 12.6. The van der Waals surface area contributed by atoms with Gasteiger partial charge in [0.25, 0.3) is 5.70 Å². The van der Waals surface area contributed by atoms with Gasteiger partial charge >= 0.3 is 6.09 Å². The van der Waals surface area contributed by atoms with E-state index in [4.69, 9.17) is 10.5 Å². The van der Waals surface area contributed by atoms with Crippen LogP contribution in [0.15, 0.2) is 28.5 Å². The third-order valence-electron chi connectivity index (χ3n) is 4.12. The first kappa shape index (κ1) is 26.0. The highest BCUT2D eigenvalue weighted by Crippen LogP contribution is 2.14. The first-order valence-electron chi connectivity index (χ1n) is 10.0. The number of ether oxygens (including phenoxy) is 1. The van der Waals surface area contributed by atoms with Crippen LogP contribution in [0.1, 0.15) is 46.5 Å². The fourth-order valence-electron chi connectivity index (χ4n) is 2.67. The molecule has 174 valence electrons. The van der Waals surface area contributed by atoms with Gasteiger partial charge in [0.05, 0.1) is 17.2 Å². The van der Waals surface area contributed by atoms with Crippen LogP contribution in [0.4, 0.5) is 4.79 Å². The summed E-state index contributed by atoms with van der Waals surface area (Å²) in [5.74, 6) is -0.119. The molecule has 0 aromatic carbocycles. The van der Waals surface area contributed by atoms with Crippen LogP contribution in [0.25, 0.3) is 0 Å². The van der Waals surface area contributed by atoms with Crippen LogP contribution in [0, 0.1) is 10.1 Å². The Hall–Kier alpha value is -2.99. The Morgan fingerprint density at radius 2 is 1.94 bits per heavy atom. The summed E-state index contributed by atoms with van der Waals surface area (Å²) in [5.41, 5.74) is 6.96. The van der Waals surface area contributed by atoms with E-state index in [0.29, 0.717) is 25.1 Å². The fourth-order valence-corrected chi connectivity index (χ4v) is 2.67. The molecular formula is C19H32N6O6. The predicted octanol–water partition coefficient (Wildman–Crippen LogP) is 0.993. The molecule has 0 aromatic heterocycles. The average molecular weight is 441 g/mol. The van der Waals surface area contributed by atoms with Gasteiger partial charge in [-0.15, -0.1) is 0 Å². The van der Waals surface area contributed by atoms with Crippen molar-refractivity contribution in [3.8, 4) is 0 Å². The highest BCUT2D eigenvalue weighted by molar-refractivity contribution is 6.02. The Bertz CT molecular complexity index is 741. The van der Waals surface area contributed by atoms with Crippen molar-refractivity contribution in [2.45, 2.75) is 58.1 Å². The maximum absolute atomic E-state index is 11.9. The molecule has 0 bridgehead atoms. The number of nitrogens with zero attached hydrogens (tertiary/aromatic N) is 2. The zero-order valence-electron chi connectivity index (χ0n) is 18.1. The lowest BCUT2D eigenvalue weighted by atomic mass is 10.0. The lowest BCUT2D eigenvalue weighted by Crippen LogP contribution is -2.42. The van der Waals surface area contributed by atoms with Crippen molar-refractivity contribution in [1.29, 1.82) is 0 Å². The number of unbranched alkanes of at least 4 members (excludes halogenated alkanes) is 2. The molecule has 2 amide bonds. The van der Waals surface area contributed by atoms with Gasteiger partial charge in [-0.1, -0.05) is 6.42 Å². The Labute approximate surface area is 181 Å². The maximum Gasteiger partial charge on any atom is 0.407 e. The molecule has 1 rings (SSSR count). The third-order valence-corrected chi connectivity index (χ3v) is 4.12. The van der Waals surface area contributed by atoms with Crippen LogP contribution in [0.3, 0.4) is 0 Å². The maximum atomic E-state index is 11.9. The van der Waals surface area contributed by atoms with Crippen LogP contribution >= 0.6 is 0 Å². The monoisotopic (exact) mass is 440 g/mol. The molecule has 0 saturated heterocycles. The Morgan fingerprint density at radius 1 is 1.23 bits per heavy atom. The molecule has 12 nitrogen and oxygen atoms in total. The minimum absolute atomic E-state index is 0.119. The van der Waals surface area contributed by atoms with Crippen LogP contribution in [-0.4, -0.2) is 59.1 Å². The van der Waals surface area contributed by atoms with Gasteiger partial charge in [-0.25, -0.2) is 4.79 Å². The molecule has 12 heteroatoms. The van der Waals surface area contributed by atoms with Crippen molar-refractivity contribution in [3.63, 3.8) is 0 Å². The Morgan fingerprint density at radius 3 is 2.55 bits per heavy atom. The number of amides is 2. The number of carbonyl (C=O) groups is 2. The number of hydrogen-bond donors (Lipinski definition) is 5. The van der Waals surface area contributed by atoms with E-state index in [2.05, 4.69) is 15.6 Å². The minimum Gasteiger partial charge on any atom is -0.444 e. The molecule has 1 unspecified atom stereocenters. The van der Waals surface area contributed by atoms with Crippen LogP contribution in [0.2, 0.25) is 0 Å². The molecular weight excluding hydrogens is 408 g/mol. The van der Waals surface area contributed by atoms with E-state index in [-0.39, 0.29) is 30.4 Å². The SMILES string of the molecule is CC(C)(C)OC(=O)NCCCCCC(=O)NCCN=C1C=CC([N+](=O)[O-])=C(N)C1NO. The van der Waals surface area contributed by atoms with Gasteiger partial charge in [-0.05, 0) is 39.7 Å². The second-order valence-electron chi connectivity index (χ2n) is 7.89. The lowest BCUT2D eigenvalue weighted by molar-refractivity contribution is -0.420. The van der Waals surface area contributed by atoms with Crippen LogP contribution < -0.4 is 21.8 Å². The lowest BCUT2D eigenvalue weighted by Gasteiger charge is -2.19. The minimum atomic E-state index is -0.976. The van der Waals surface area contributed by atoms with Gasteiger partial charge in [0.1, 0.15) is 17.3 Å². The van der Waals surface area contributed by atoms with Gasteiger partial charge in [0.2, 0.25) is 5.91 Å². The number of alkyl carbamates (subject to hydrolysis) is 1. The van der Waals surface area contributed by atoms with E-state index in [0.717, 1.165) is 12.8 Å². The standard InChI is InChI=1S/C19H32N6O6/c1-19(2,3)31-18(27)23-10-6-4-5-7-15(26)22-12-11-21-13-8-9-14(25(29)30)16(20)17(13)24-28/h8-9,17,24,28H,4-7,10-12,20H2,1-3H3,(H,22,26)(H,23,27). The third kappa shape index (κ3) is 10.0. The Kier molecular flexibility index (Phi) is 10.6. The van der Waals surface area contributed by atoms with Gasteiger partial charge in [-0.3, -0.25) is 19.9 Å². The second-order valence-corrected chi connectivity index (χ2v) is 7.89. The van der Waals surface area contributed by atoms with Crippen molar-refractivity contribution in [1.82, 2.24) is 16.1 Å². The normalized spacial score (nSPS) is 17.5. The number of aliphatic imine (C=N–C) groups is 1. The van der Waals surface area contributed by atoms with Crippen molar-refractivity contribution in [2.24, 2.45) is 10.7 Å². The summed E-state index contributed by atoms with van der Waals surface area (Å²) in [6.07, 6.45) is 4.72. The summed E-state index contributed by atoms with van der Waals surface area (Å²) >= 11 is 0. The molecule has 1 aliphatic rings. The van der Waals surface area contributed by atoms with E-state index >= 15 is 0 Å². The highest BCUT2D eigenvalue weighted by Gasteiger charge is 2.28. The zero-order chi connectivity index (χ0) is 23.4. The number of nitrogens with one attached hydrogen (secondary N) is 3. The number of carbonyl (C=O) groups excluding carboxylic acids is 2. The van der Waals surface area contributed by atoms with E-state index < -0.39 is 22.7 Å². The summed E-state index contributed by atoms with van der Waals surface area (Å²) in [6, 6.07) is -0.976. The molecule has 0 aliphatic heterocycles. The summed E-state index contributed by atoms with van der Waals surface area (Å²) < 4.78 is 5.13. The molecule has 31 heavy (non-hydrogen) atoms. The molecule has 0 spiro atoms. The Balaban J connectivity index is 2.22. The van der Waals surface area contributed by atoms with Gasteiger partial charge in [0, 0.05) is 25.6 Å². The van der Waals surface area contributed by atoms with Gasteiger partial charge < -0.3 is 26.3 Å². The molecule has 0 saturated carbocycles. The fraction of sp³-hybridized carbons (Fsp3) is 0.632. The molecule has 0 heterocycles. The number of allylic oxidation sites excluding steroid dienone is 1. The topological polar surface area (TPSA) is 181 Å². The number of nitro groups is 1. The van der Waals surface area contributed by atoms with Crippen molar-refractivity contribution < 1.29 is 24.5 Å². The summed E-state index contributed by atoms with van der Waals surface area (Å²) in [6.45, 7) is 6.37. The van der Waals surface area contributed by atoms with E-state index in [1.807, 2.05) is 5.48 Å². The van der Waals surface area contributed by atoms with E-state index in [1.54, 1.807) is 20.8 Å². The van der Waals surface area contributed by atoms with Crippen molar-refractivity contribution in [2.75, 3.05) is 19.6 Å². The van der Waals surface area contributed by atoms with Crippen molar-refractivity contribution >= 4 is 17.7 Å². The van der Waals surface area contributed by atoms with E-state index in [9.17, 15) is 24.9 Å². The largest absolute Gasteiger partial charge is 0.444 e. The molecule has 0 radical (unpaired) electrons. The highest BCUT2D eigenvalue weighted by atomic mass is 16.6. The quantitative estimate of drug-likeness (QED) is 0.179. The number of hydroxylamine groups is 1. The smallest absolute Gasteiger partial charge is 0.407 e. The number of nitrogens with two attached hydrogens (primary N) is 1. The summed E-state index contributed by atoms with van der Waals surface area (Å²) in [7, 11) is 0. The average Bonchev–Trinajstić information content (AvgIpc) is 2.66. The van der Waals surface area contributed by atoms with Crippen molar-refractivity contribution in [3.05, 3.63) is 33.7 Å². The summed E-state index contributed by atoms with van der Waals surface area (Å²) in [5, 5.41) is 25.5. The first-order valence-corrected chi connectivity index (χ1v) is 10.0. The molecule has 0 fully saturated rings. The molecule has 6 N–H and O–H groups in total. The molecule has 1 atom stereocenters. The summed E-state index contributed by atoms with van der Waals surface area (Å²) in [4.78, 5) is 37.8. The number of hydrogen-bond acceptors (Lipinski definition) is 9. The van der Waals surface area contributed by atoms with Crippen LogP contribution in [-0.2, 0) is 9.53 Å². The predicted molar refractivity (Wildman–Crippen MR) is 114 cm³/mol. The zero-order valence-corrected chi connectivity index (χ0v) is 18.1. The van der Waals surface area contributed by atoms with Crippen LogP contribution in [0.5, 0.6) is 0 Å². The molecule has 0 aromatic rings. The first-order chi connectivity index (χ1) is 14.5. The molecule has 1 aliphatic carbocycles. The van der Waals surface area contributed by atoms with Gasteiger partial charge in [0.15, 0.2) is 0 Å². The van der Waals surface area contributed by atoms with E-state index in [1.165, 1.54) is 12.2 Å².